The highest BCUT2D eigenvalue weighted by molar-refractivity contribution is 5.75. The van der Waals surface area contributed by atoms with Crippen molar-refractivity contribution in [2.24, 2.45) is 4.99 Å². The van der Waals surface area contributed by atoms with Crippen molar-refractivity contribution >= 4 is 6.02 Å². The molecule has 0 radical (unpaired) electrons. The van der Waals surface area contributed by atoms with Crippen LogP contribution in [0.2, 0.25) is 0 Å². The van der Waals surface area contributed by atoms with Crippen molar-refractivity contribution in [3.63, 3.8) is 0 Å². The summed E-state index contributed by atoms with van der Waals surface area (Å²) in [7, 11) is 0. The summed E-state index contributed by atoms with van der Waals surface area (Å²) in [4.78, 5) is 4.37. The molecule has 2 rings (SSSR count). The van der Waals surface area contributed by atoms with Crippen LogP contribution < -0.4 is 5.32 Å². The molecule has 0 aromatic heterocycles. The summed E-state index contributed by atoms with van der Waals surface area (Å²) in [6.45, 7) is 3.56. The first kappa shape index (κ1) is 10.0. The molecular formula is C12H16N2O. The van der Waals surface area contributed by atoms with Gasteiger partial charge < -0.3 is 10.1 Å². The fourth-order valence-corrected chi connectivity index (χ4v) is 1.50. The molecule has 1 heterocycles. The van der Waals surface area contributed by atoms with Crippen LogP contribution in [0.1, 0.15) is 18.9 Å². The summed E-state index contributed by atoms with van der Waals surface area (Å²) >= 11 is 0. The van der Waals surface area contributed by atoms with Gasteiger partial charge in [-0.2, -0.15) is 0 Å². The lowest BCUT2D eigenvalue weighted by Gasteiger charge is -2.01. The summed E-state index contributed by atoms with van der Waals surface area (Å²) in [5.74, 6) is 0. The van der Waals surface area contributed by atoms with Crippen LogP contribution in [0.5, 0.6) is 0 Å². The topological polar surface area (TPSA) is 33.6 Å². The van der Waals surface area contributed by atoms with Crippen molar-refractivity contribution in [3.05, 3.63) is 35.9 Å². The van der Waals surface area contributed by atoms with E-state index in [4.69, 9.17) is 4.74 Å². The summed E-state index contributed by atoms with van der Waals surface area (Å²) in [6.07, 6.45) is 1.07. The van der Waals surface area contributed by atoms with Crippen LogP contribution in [0.3, 0.4) is 0 Å². The number of nitrogens with one attached hydrogen (secondary N) is 1. The maximum atomic E-state index is 5.42. The zero-order valence-electron chi connectivity index (χ0n) is 8.94. The lowest BCUT2D eigenvalue weighted by Crippen LogP contribution is -2.26. The van der Waals surface area contributed by atoms with Crippen molar-refractivity contribution in [3.8, 4) is 0 Å². The molecule has 15 heavy (non-hydrogen) atoms. The number of hydrogen-bond acceptors (Lipinski definition) is 2. The molecule has 1 aliphatic rings. The fourth-order valence-electron chi connectivity index (χ4n) is 1.50. The van der Waals surface area contributed by atoms with Crippen molar-refractivity contribution in [1.82, 2.24) is 5.32 Å². The van der Waals surface area contributed by atoms with Crippen LogP contribution in [-0.4, -0.2) is 18.7 Å². The minimum absolute atomic E-state index is 0.430. The van der Waals surface area contributed by atoms with Crippen molar-refractivity contribution < 1.29 is 4.74 Å². The highest BCUT2D eigenvalue weighted by atomic mass is 16.5. The Labute approximate surface area is 90.2 Å². The average Bonchev–Trinajstić information content (AvgIpc) is 2.76. The lowest BCUT2D eigenvalue weighted by atomic mass is 10.2. The number of hydrogen-bond donors (Lipinski definition) is 1. The van der Waals surface area contributed by atoms with Crippen LogP contribution in [0.25, 0.3) is 0 Å². The van der Waals surface area contributed by atoms with E-state index >= 15 is 0 Å². The maximum Gasteiger partial charge on any atom is 0.285 e. The molecule has 1 aromatic carbocycles. The Hall–Kier alpha value is -1.51. The molecule has 1 saturated heterocycles. The normalized spacial score (nSPS) is 22.5. The van der Waals surface area contributed by atoms with Crippen LogP contribution in [0, 0.1) is 0 Å². The van der Waals surface area contributed by atoms with Gasteiger partial charge in [-0.15, -0.1) is 0 Å². The van der Waals surface area contributed by atoms with Crippen LogP contribution in [0.15, 0.2) is 35.3 Å². The van der Waals surface area contributed by atoms with Gasteiger partial charge >= 0.3 is 0 Å². The van der Waals surface area contributed by atoms with Crippen molar-refractivity contribution in [2.45, 2.75) is 25.9 Å². The number of ether oxygens (including phenoxy) is 1. The molecule has 3 nitrogen and oxygen atoms in total. The molecule has 1 fully saturated rings. The maximum absolute atomic E-state index is 5.42. The molecule has 3 heteroatoms. The van der Waals surface area contributed by atoms with Gasteiger partial charge in [-0.1, -0.05) is 37.3 Å². The molecule has 1 unspecified atom stereocenters. The van der Waals surface area contributed by atoms with Gasteiger partial charge in [0.25, 0.3) is 6.02 Å². The van der Waals surface area contributed by atoms with Crippen molar-refractivity contribution in [2.75, 3.05) is 6.61 Å². The first-order valence-electron chi connectivity index (χ1n) is 5.36. The Morgan fingerprint density at radius 3 is 2.87 bits per heavy atom. The Balaban J connectivity index is 1.90. The summed E-state index contributed by atoms with van der Waals surface area (Å²) in [6, 6.07) is 11.3. The Bertz CT molecular complexity index is 335. The summed E-state index contributed by atoms with van der Waals surface area (Å²) in [5.41, 5.74) is 1.20. The van der Waals surface area contributed by atoms with E-state index in [1.54, 1.807) is 0 Å². The number of amidine groups is 1. The zero-order valence-corrected chi connectivity index (χ0v) is 8.94. The summed E-state index contributed by atoms with van der Waals surface area (Å²) < 4.78 is 5.42. The number of nitrogens with zero attached hydrogens (tertiary/aromatic N) is 1. The second kappa shape index (κ2) is 4.82. The van der Waals surface area contributed by atoms with E-state index in [2.05, 4.69) is 29.4 Å². The quantitative estimate of drug-likeness (QED) is 0.816. The third-order valence-electron chi connectivity index (χ3n) is 2.49. The Kier molecular flexibility index (Phi) is 3.22. The molecule has 1 N–H and O–H groups in total. The molecule has 0 spiro atoms. The predicted molar refractivity (Wildman–Crippen MR) is 60.7 cm³/mol. The Morgan fingerprint density at radius 1 is 1.40 bits per heavy atom. The highest BCUT2D eigenvalue weighted by Crippen LogP contribution is 2.04. The predicted octanol–water partition coefficient (Wildman–Crippen LogP) is 1.94. The minimum atomic E-state index is 0.430. The number of benzene rings is 1. The molecule has 0 amide bonds. The average molecular weight is 204 g/mol. The van der Waals surface area contributed by atoms with Gasteiger partial charge in [0.2, 0.25) is 0 Å². The van der Waals surface area contributed by atoms with Crippen LogP contribution in [0.4, 0.5) is 0 Å². The van der Waals surface area contributed by atoms with Gasteiger partial charge in [0, 0.05) is 0 Å². The van der Waals surface area contributed by atoms with E-state index < -0.39 is 0 Å². The SMILES string of the molecule is CCC1COC(=NCc2ccccc2)N1. The summed E-state index contributed by atoms with van der Waals surface area (Å²) in [5, 5.41) is 3.24. The molecule has 1 aromatic rings. The Morgan fingerprint density at radius 2 is 2.20 bits per heavy atom. The molecule has 0 saturated carbocycles. The van der Waals surface area contributed by atoms with Crippen molar-refractivity contribution in [1.29, 1.82) is 0 Å². The molecule has 80 valence electrons. The highest BCUT2D eigenvalue weighted by Gasteiger charge is 2.18. The fraction of sp³-hybridized carbons (Fsp3) is 0.417. The molecule has 0 bridgehead atoms. The van der Waals surface area contributed by atoms with Crippen LogP contribution in [-0.2, 0) is 11.3 Å². The number of rotatable bonds is 3. The largest absolute Gasteiger partial charge is 0.463 e. The minimum Gasteiger partial charge on any atom is -0.463 e. The first-order valence-corrected chi connectivity index (χ1v) is 5.36. The van der Waals surface area contributed by atoms with E-state index in [9.17, 15) is 0 Å². The second-order valence-electron chi connectivity index (χ2n) is 3.67. The van der Waals surface area contributed by atoms with E-state index in [1.165, 1.54) is 5.56 Å². The van der Waals surface area contributed by atoms with Crippen LogP contribution >= 0.6 is 0 Å². The van der Waals surface area contributed by atoms with Gasteiger partial charge in [0.15, 0.2) is 0 Å². The van der Waals surface area contributed by atoms with E-state index in [1.807, 2.05) is 18.2 Å². The van der Waals surface area contributed by atoms with E-state index in [-0.39, 0.29) is 0 Å². The lowest BCUT2D eigenvalue weighted by molar-refractivity contribution is 0.322. The second-order valence-corrected chi connectivity index (χ2v) is 3.67. The van der Waals surface area contributed by atoms with Gasteiger partial charge in [0.05, 0.1) is 12.6 Å². The third-order valence-corrected chi connectivity index (χ3v) is 2.49. The molecule has 0 aliphatic carbocycles. The van der Waals surface area contributed by atoms with Gasteiger partial charge in [-0.25, -0.2) is 4.99 Å². The zero-order chi connectivity index (χ0) is 10.5. The smallest absolute Gasteiger partial charge is 0.285 e. The van der Waals surface area contributed by atoms with E-state index in [0.717, 1.165) is 13.0 Å². The monoisotopic (exact) mass is 204 g/mol. The number of aliphatic imine (C=N–C) groups is 1. The molecule has 1 aliphatic heterocycles. The van der Waals surface area contributed by atoms with Gasteiger partial charge in [0.1, 0.15) is 6.61 Å². The van der Waals surface area contributed by atoms with E-state index in [0.29, 0.717) is 18.6 Å². The van der Waals surface area contributed by atoms with Gasteiger partial charge in [-0.05, 0) is 12.0 Å². The molecule has 1 atom stereocenters. The third kappa shape index (κ3) is 2.72. The molecular weight excluding hydrogens is 188 g/mol. The standard InChI is InChI=1S/C12H16N2O/c1-2-11-9-15-12(14-11)13-8-10-6-4-3-5-7-10/h3-7,11H,2,8-9H2,1H3,(H,13,14). The van der Waals surface area contributed by atoms with Gasteiger partial charge in [-0.3, -0.25) is 0 Å². The first-order chi connectivity index (χ1) is 7.38.